The van der Waals surface area contributed by atoms with Gasteiger partial charge in [0.15, 0.2) is 11.6 Å². The quantitative estimate of drug-likeness (QED) is 0.814. The molecule has 1 aromatic carbocycles. The van der Waals surface area contributed by atoms with Crippen LogP contribution in [0.25, 0.3) is 0 Å². The van der Waals surface area contributed by atoms with Gasteiger partial charge in [-0.2, -0.15) is 8.78 Å². The van der Waals surface area contributed by atoms with Gasteiger partial charge in [-0.25, -0.2) is 9.18 Å². The van der Waals surface area contributed by atoms with E-state index >= 15 is 0 Å². The first kappa shape index (κ1) is 12.2. The maximum atomic E-state index is 12.8. The molecule has 0 fully saturated rings. The molecule has 0 amide bonds. The Bertz CT molecular complexity index is 406. The van der Waals surface area contributed by atoms with E-state index in [9.17, 15) is 18.0 Å². The van der Waals surface area contributed by atoms with Crippen molar-refractivity contribution in [2.45, 2.75) is 6.61 Å². The highest BCUT2D eigenvalue weighted by Gasteiger charge is 2.19. The Morgan fingerprint density at radius 1 is 1.44 bits per heavy atom. The lowest BCUT2D eigenvalue weighted by Gasteiger charge is -2.09. The summed E-state index contributed by atoms with van der Waals surface area (Å²) in [5, 5.41) is 8.98. The second-order valence-corrected chi connectivity index (χ2v) is 2.67. The molecule has 0 unspecified atom stereocenters. The van der Waals surface area contributed by atoms with Crippen molar-refractivity contribution in [2.24, 2.45) is 0 Å². The molecular formula is C9H7F3O4. The lowest BCUT2D eigenvalue weighted by Crippen LogP contribution is -2.09. The van der Waals surface area contributed by atoms with Crippen LogP contribution in [0.2, 0.25) is 0 Å². The Hall–Kier alpha value is -1.92. The number of rotatable bonds is 3. The Balaban J connectivity index is 3.21. The number of esters is 1. The summed E-state index contributed by atoms with van der Waals surface area (Å²) in [6, 6.07) is 1.13. The summed E-state index contributed by atoms with van der Waals surface area (Å²) >= 11 is 0. The zero-order valence-electron chi connectivity index (χ0n) is 8.04. The van der Waals surface area contributed by atoms with E-state index in [0.717, 1.165) is 7.11 Å². The minimum absolute atomic E-state index is 0.480. The first-order chi connectivity index (χ1) is 7.45. The van der Waals surface area contributed by atoms with E-state index in [1.807, 2.05) is 0 Å². The Morgan fingerprint density at radius 3 is 2.56 bits per heavy atom. The van der Waals surface area contributed by atoms with E-state index in [1.54, 1.807) is 0 Å². The number of ether oxygens (including phenoxy) is 2. The lowest BCUT2D eigenvalue weighted by atomic mass is 10.2. The molecule has 1 N–H and O–H groups in total. The normalized spacial score (nSPS) is 10.3. The van der Waals surface area contributed by atoms with Gasteiger partial charge < -0.3 is 14.6 Å². The molecule has 0 aliphatic heterocycles. The van der Waals surface area contributed by atoms with Crippen LogP contribution in [-0.2, 0) is 4.74 Å². The molecule has 0 spiro atoms. The molecule has 0 aliphatic carbocycles. The number of benzene rings is 1. The molecule has 1 aromatic rings. The molecule has 0 atom stereocenters. The summed E-state index contributed by atoms with van der Waals surface area (Å²) in [5.74, 6) is -3.76. The first-order valence-electron chi connectivity index (χ1n) is 4.01. The van der Waals surface area contributed by atoms with E-state index < -0.39 is 35.5 Å². The van der Waals surface area contributed by atoms with Gasteiger partial charge in [0.05, 0.1) is 7.11 Å². The first-order valence-corrected chi connectivity index (χ1v) is 4.01. The van der Waals surface area contributed by atoms with Crippen LogP contribution in [0.5, 0.6) is 11.5 Å². The second kappa shape index (κ2) is 4.73. The molecule has 0 heterocycles. The van der Waals surface area contributed by atoms with Crippen molar-refractivity contribution in [3.05, 3.63) is 23.5 Å². The Morgan fingerprint density at radius 2 is 2.06 bits per heavy atom. The highest BCUT2D eigenvalue weighted by atomic mass is 19.3. The standard InChI is InChI=1S/C9H7F3O4/c1-15-8(14)4-2-6(13)5(10)3-7(4)16-9(11)12/h2-3,9,13H,1H3. The molecule has 7 heteroatoms. The number of alkyl halides is 2. The Kier molecular flexibility index (Phi) is 3.60. The topological polar surface area (TPSA) is 55.8 Å². The maximum Gasteiger partial charge on any atom is 0.387 e. The van der Waals surface area contributed by atoms with Crippen LogP contribution in [-0.4, -0.2) is 24.8 Å². The number of carbonyl (C=O) groups is 1. The van der Waals surface area contributed by atoms with Gasteiger partial charge in [-0.1, -0.05) is 0 Å². The number of aromatic hydroxyl groups is 1. The molecule has 0 radical (unpaired) electrons. The largest absolute Gasteiger partial charge is 0.505 e. The molecule has 0 bridgehead atoms. The van der Waals surface area contributed by atoms with Gasteiger partial charge in [-0.15, -0.1) is 0 Å². The molecule has 0 aromatic heterocycles. The summed E-state index contributed by atoms with van der Waals surface area (Å²) in [5.41, 5.74) is -0.485. The predicted octanol–water partition coefficient (Wildman–Crippen LogP) is 1.92. The third kappa shape index (κ3) is 2.56. The van der Waals surface area contributed by atoms with Gasteiger partial charge >= 0.3 is 12.6 Å². The molecule has 16 heavy (non-hydrogen) atoms. The molecule has 0 saturated carbocycles. The van der Waals surface area contributed by atoms with Crippen molar-refractivity contribution >= 4 is 5.97 Å². The van der Waals surface area contributed by atoms with Gasteiger partial charge in [0.1, 0.15) is 11.3 Å². The fourth-order valence-electron chi connectivity index (χ4n) is 1.01. The van der Waals surface area contributed by atoms with Crippen molar-refractivity contribution in [3.63, 3.8) is 0 Å². The van der Waals surface area contributed by atoms with Crippen LogP contribution >= 0.6 is 0 Å². The zero-order chi connectivity index (χ0) is 12.3. The summed E-state index contributed by atoms with van der Waals surface area (Å²) in [6.45, 7) is -3.22. The maximum absolute atomic E-state index is 12.8. The van der Waals surface area contributed by atoms with Gasteiger partial charge in [-0.05, 0) is 0 Å². The highest BCUT2D eigenvalue weighted by molar-refractivity contribution is 5.93. The smallest absolute Gasteiger partial charge is 0.387 e. The van der Waals surface area contributed by atoms with Crippen LogP contribution in [0.15, 0.2) is 12.1 Å². The SMILES string of the molecule is COC(=O)c1cc(O)c(F)cc1OC(F)F. The lowest BCUT2D eigenvalue weighted by molar-refractivity contribution is -0.0506. The molecular weight excluding hydrogens is 229 g/mol. The van der Waals surface area contributed by atoms with Crippen LogP contribution in [0.3, 0.4) is 0 Å². The summed E-state index contributed by atoms with van der Waals surface area (Å²) in [6.07, 6.45) is 0. The number of methoxy groups -OCH3 is 1. The second-order valence-electron chi connectivity index (χ2n) is 2.67. The van der Waals surface area contributed by atoms with E-state index in [-0.39, 0.29) is 0 Å². The Labute approximate surface area is 88.2 Å². The average molecular weight is 236 g/mol. The van der Waals surface area contributed by atoms with Gasteiger partial charge in [-0.3, -0.25) is 0 Å². The predicted molar refractivity (Wildman–Crippen MR) is 46.0 cm³/mol. The molecule has 0 aliphatic rings. The van der Waals surface area contributed by atoms with Gasteiger partial charge in [0.25, 0.3) is 0 Å². The molecule has 1 rings (SSSR count). The van der Waals surface area contributed by atoms with Crippen LogP contribution in [0.1, 0.15) is 10.4 Å². The molecule has 88 valence electrons. The average Bonchev–Trinajstić information content (AvgIpc) is 2.21. The summed E-state index contributed by atoms with van der Waals surface area (Å²) in [7, 11) is 1.01. The fraction of sp³-hybridized carbons (Fsp3) is 0.222. The number of hydrogen-bond donors (Lipinski definition) is 1. The monoisotopic (exact) mass is 236 g/mol. The van der Waals surface area contributed by atoms with Gasteiger partial charge in [0.2, 0.25) is 0 Å². The fourth-order valence-corrected chi connectivity index (χ4v) is 1.01. The van der Waals surface area contributed by atoms with Crippen LogP contribution in [0.4, 0.5) is 13.2 Å². The highest BCUT2D eigenvalue weighted by Crippen LogP contribution is 2.28. The molecule has 4 nitrogen and oxygen atoms in total. The number of phenolic OH excluding ortho intramolecular Hbond substituents is 1. The number of hydrogen-bond acceptors (Lipinski definition) is 4. The van der Waals surface area contributed by atoms with Crippen molar-refractivity contribution in [2.75, 3.05) is 7.11 Å². The summed E-state index contributed by atoms with van der Waals surface area (Å²) < 4.78 is 44.9. The van der Waals surface area contributed by atoms with E-state index in [2.05, 4.69) is 9.47 Å². The number of phenols is 1. The van der Waals surface area contributed by atoms with E-state index in [0.29, 0.717) is 12.1 Å². The molecule has 0 saturated heterocycles. The van der Waals surface area contributed by atoms with Crippen molar-refractivity contribution in [1.82, 2.24) is 0 Å². The van der Waals surface area contributed by atoms with Crippen LogP contribution in [0, 0.1) is 5.82 Å². The minimum atomic E-state index is -3.22. The third-order valence-corrected chi connectivity index (χ3v) is 1.67. The summed E-state index contributed by atoms with van der Waals surface area (Å²) in [4.78, 5) is 11.1. The minimum Gasteiger partial charge on any atom is -0.505 e. The number of halogens is 3. The van der Waals surface area contributed by atoms with Crippen molar-refractivity contribution < 1.29 is 32.5 Å². The zero-order valence-corrected chi connectivity index (χ0v) is 8.04. The number of carbonyl (C=O) groups excluding carboxylic acids is 1. The van der Waals surface area contributed by atoms with Crippen molar-refractivity contribution in [1.29, 1.82) is 0 Å². The third-order valence-electron chi connectivity index (χ3n) is 1.67. The van der Waals surface area contributed by atoms with E-state index in [1.165, 1.54) is 0 Å². The van der Waals surface area contributed by atoms with E-state index in [4.69, 9.17) is 5.11 Å². The van der Waals surface area contributed by atoms with Crippen molar-refractivity contribution in [3.8, 4) is 11.5 Å². The van der Waals surface area contributed by atoms with Gasteiger partial charge in [0, 0.05) is 12.1 Å². The van der Waals surface area contributed by atoms with Crippen LogP contribution < -0.4 is 4.74 Å².